The Morgan fingerprint density at radius 1 is 1.25 bits per heavy atom. The van der Waals surface area contributed by atoms with E-state index in [4.69, 9.17) is 16.1 Å². The number of hydrogen-bond acceptors (Lipinski definition) is 3. The fraction of sp³-hybridized carbons (Fsp3) is 0.250. The van der Waals surface area contributed by atoms with Gasteiger partial charge in [-0.3, -0.25) is 5.41 Å². The molecule has 2 aromatic rings. The number of fused-ring (bicyclic) bond motifs is 1. The van der Waals surface area contributed by atoms with Gasteiger partial charge in [0, 0.05) is 18.4 Å². The molecule has 0 saturated heterocycles. The molecule has 0 fully saturated rings. The lowest BCUT2D eigenvalue weighted by Gasteiger charge is -2.22. The Morgan fingerprint density at radius 2 is 2.00 bits per heavy atom. The molecular formula is C16H18N4. The third kappa shape index (κ3) is 2.13. The average Bonchev–Trinajstić information content (AvgIpc) is 2.93. The molecule has 3 N–H and O–H groups in total. The van der Waals surface area contributed by atoms with Gasteiger partial charge in [0.05, 0.1) is 5.56 Å². The van der Waals surface area contributed by atoms with Crippen LogP contribution in [0.3, 0.4) is 0 Å². The van der Waals surface area contributed by atoms with E-state index in [0.29, 0.717) is 0 Å². The Bertz CT molecular complexity index is 649. The minimum Gasteiger partial charge on any atom is -0.384 e. The van der Waals surface area contributed by atoms with Crippen molar-refractivity contribution in [2.45, 2.75) is 19.3 Å². The maximum atomic E-state index is 7.81. The van der Waals surface area contributed by atoms with Crippen LogP contribution >= 0.6 is 0 Å². The van der Waals surface area contributed by atoms with E-state index in [2.05, 4.69) is 0 Å². The highest BCUT2D eigenvalue weighted by Crippen LogP contribution is 2.30. The molecule has 0 unspecified atom stereocenters. The molecule has 20 heavy (non-hydrogen) atoms. The van der Waals surface area contributed by atoms with E-state index in [1.54, 1.807) is 0 Å². The number of nitrogen functional groups attached to an aromatic ring is 1. The van der Waals surface area contributed by atoms with Crippen molar-refractivity contribution in [3.8, 4) is 0 Å². The molecule has 0 saturated carbocycles. The van der Waals surface area contributed by atoms with Crippen molar-refractivity contribution in [1.82, 2.24) is 4.98 Å². The molecule has 1 aliphatic carbocycles. The maximum absolute atomic E-state index is 7.81. The third-order valence-corrected chi connectivity index (χ3v) is 3.78. The SMILES string of the molecule is CN(c1ccccc1)c1nc2c(cc1C(=N)N)CCC2. The number of anilines is 2. The van der Waals surface area contributed by atoms with Crippen LogP contribution in [0.15, 0.2) is 36.4 Å². The number of hydrogen-bond donors (Lipinski definition) is 2. The highest BCUT2D eigenvalue weighted by Gasteiger charge is 2.20. The third-order valence-electron chi connectivity index (χ3n) is 3.78. The molecule has 0 spiro atoms. The molecule has 3 rings (SSSR count). The van der Waals surface area contributed by atoms with Gasteiger partial charge in [0.1, 0.15) is 11.7 Å². The molecule has 0 atom stereocenters. The lowest BCUT2D eigenvalue weighted by molar-refractivity contribution is 0.898. The Morgan fingerprint density at radius 3 is 2.70 bits per heavy atom. The van der Waals surface area contributed by atoms with Crippen LogP contribution in [0.4, 0.5) is 11.5 Å². The van der Waals surface area contributed by atoms with Crippen molar-refractivity contribution in [3.63, 3.8) is 0 Å². The molecular weight excluding hydrogens is 248 g/mol. The number of aromatic nitrogens is 1. The maximum Gasteiger partial charge on any atom is 0.144 e. The normalized spacial score (nSPS) is 13.1. The van der Waals surface area contributed by atoms with Crippen molar-refractivity contribution < 1.29 is 0 Å². The van der Waals surface area contributed by atoms with Crippen molar-refractivity contribution >= 4 is 17.3 Å². The number of amidine groups is 1. The first kappa shape index (κ1) is 12.7. The van der Waals surface area contributed by atoms with Gasteiger partial charge in [0.15, 0.2) is 0 Å². The molecule has 1 aliphatic rings. The van der Waals surface area contributed by atoms with Crippen molar-refractivity contribution in [1.29, 1.82) is 5.41 Å². The van der Waals surface area contributed by atoms with Gasteiger partial charge in [-0.15, -0.1) is 0 Å². The van der Waals surface area contributed by atoms with Gasteiger partial charge in [-0.05, 0) is 43.0 Å². The van der Waals surface area contributed by atoms with Gasteiger partial charge in [0.25, 0.3) is 0 Å². The van der Waals surface area contributed by atoms with Gasteiger partial charge in [-0.25, -0.2) is 4.98 Å². The summed E-state index contributed by atoms with van der Waals surface area (Å²) in [6, 6.07) is 12.1. The number of para-hydroxylation sites is 1. The molecule has 102 valence electrons. The van der Waals surface area contributed by atoms with Crippen LogP contribution in [0.25, 0.3) is 0 Å². The lowest BCUT2D eigenvalue weighted by Crippen LogP contribution is -2.21. The number of benzene rings is 1. The number of nitrogens with one attached hydrogen (secondary N) is 1. The molecule has 4 heteroatoms. The van der Waals surface area contributed by atoms with Crippen LogP contribution in [0.1, 0.15) is 23.2 Å². The second-order valence-electron chi connectivity index (χ2n) is 5.13. The van der Waals surface area contributed by atoms with E-state index < -0.39 is 0 Å². The van der Waals surface area contributed by atoms with Crippen LogP contribution in [0, 0.1) is 5.41 Å². The average molecular weight is 266 g/mol. The zero-order valence-electron chi connectivity index (χ0n) is 11.6. The Balaban J connectivity index is 2.10. The monoisotopic (exact) mass is 266 g/mol. The summed E-state index contributed by atoms with van der Waals surface area (Å²) in [6.07, 6.45) is 3.19. The largest absolute Gasteiger partial charge is 0.384 e. The number of nitrogens with zero attached hydrogens (tertiary/aromatic N) is 2. The van der Waals surface area contributed by atoms with Crippen LogP contribution < -0.4 is 10.6 Å². The van der Waals surface area contributed by atoms with Crippen LogP contribution in [0.2, 0.25) is 0 Å². The standard InChI is InChI=1S/C16H18N4/c1-20(12-7-3-2-4-8-12)16-13(15(17)18)10-11-6-5-9-14(11)19-16/h2-4,7-8,10H,5-6,9H2,1H3,(H3,17,18). The summed E-state index contributed by atoms with van der Waals surface area (Å²) in [5, 5.41) is 7.81. The molecule has 0 bridgehead atoms. The molecule has 4 nitrogen and oxygen atoms in total. The van der Waals surface area contributed by atoms with E-state index in [1.165, 1.54) is 5.56 Å². The van der Waals surface area contributed by atoms with Gasteiger partial charge < -0.3 is 10.6 Å². The molecule has 1 aromatic heterocycles. The summed E-state index contributed by atoms with van der Waals surface area (Å²) in [7, 11) is 1.96. The molecule has 0 radical (unpaired) electrons. The Kier molecular flexibility index (Phi) is 3.14. The van der Waals surface area contributed by atoms with Crippen molar-refractivity contribution in [2.24, 2.45) is 5.73 Å². The van der Waals surface area contributed by atoms with Gasteiger partial charge in [-0.1, -0.05) is 18.2 Å². The Hall–Kier alpha value is -2.36. The van der Waals surface area contributed by atoms with E-state index in [1.807, 2.05) is 48.3 Å². The first-order valence-electron chi connectivity index (χ1n) is 6.83. The first-order valence-corrected chi connectivity index (χ1v) is 6.83. The molecule has 1 heterocycles. The fourth-order valence-corrected chi connectivity index (χ4v) is 2.69. The smallest absolute Gasteiger partial charge is 0.144 e. The minimum atomic E-state index is 0.0741. The number of rotatable bonds is 3. The predicted molar refractivity (Wildman–Crippen MR) is 81.8 cm³/mol. The highest BCUT2D eigenvalue weighted by atomic mass is 15.2. The van der Waals surface area contributed by atoms with Crippen molar-refractivity contribution in [3.05, 3.63) is 53.2 Å². The van der Waals surface area contributed by atoms with Crippen LogP contribution in [0.5, 0.6) is 0 Å². The summed E-state index contributed by atoms with van der Waals surface area (Å²) in [5.41, 5.74) is 9.89. The summed E-state index contributed by atoms with van der Waals surface area (Å²) in [4.78, 5) is 6.75. The van der Waals surface area contributed by atoms with E-state index in [0.717, 1.165) is 42.0 Å². The second kappa shape index (κ2) is 4.96. The summed E-state index contributed by atoms with van der Waals surface area (Å²) < 4.78 is 0. The Labute approximate surface area is 118 Å². The molecule has 0 aliphatic heterocycles. The zero-order chi connectivity index (χ0) is 14.1. The zero-order valence-corrected chi connectivity index (χ0v) is 11.6. The lowest BCUT2D eigenvalue weighted by atomic mass is 10.1. The van der Waals surface area contributed by atoms with Crippen LogP contribution in [-0.4, -0.2) is 17.9 Å². The topological polar surface area (TPSA) is 66.0 Å². The number of nitrogens with two attached hydrogens (primary N) is 1. The minimum absolute atomic E-state index is 0.0741. The fourth-order valence-electron chi connectivity index (χ4n) is 2.69. The number of pyridine rings is 1. The first-order chi connectivity index (χ1) is 9.66. The summed E-state index contributed by atoms with van der Waals surface area (Å²) in [6.45, 7) is 0. The van der Waals surface area contributed by atoms with Gasteiger partial charge >= 0.3 is 0 Å². The molecule has 1 aromatic carbocycles. The van der Waals surface area contributed by atoms with E-state index in [9.17, 15) is 0 Å². The molecule has 0 amide bonds. The van der Waals surface area contributed by atoms with Gasteiger partial charge in [0.2, 0.25) is 0 Å². The summed E-state index contributed by atoms with van der Waals surface area (Å²) in [5.74, 6) is 0.842. The predicted octanol–water partition coefficient (Wildman–Crippen LogP) is 2.62. The van der Waals surface area contributed by atoms with Crippen molar-refractivity contribution in [2.75, 3.05) is 11.9 Å². The van der Waals surface area contributed by atoms with Gasteiger partial charge in [-0.2, -0.15) is 0 Å². The van der Waals surface area contributed by atoms with E-state index in [-0.39, 0.29) is 5.84 Å². The quantitative estimate of drug-likeness (QED) is 0.663. The van der Waals surface area contributed by atoms with Crippen LogP contribution in [-0.2, 0) is 12.8 Å². The second-order valence-corrected chi connectivity index (χ2v) is 5.13. The number of aryl methyl sites for hydroxylation is 2. The highest BCUT2D eigenvalue weighted by molar-refractivity contribution is 6.00. The van der Waals surface area contributed by atoms with E-state index >= 15 is 0 Å². The summed E-state index contributed by atoms with van der Waals surface area (Å²) >= 11 is 0.